The number of nitrogens with zero attached hydrogens (tertiary/aromatic N) is 2. The maximum atomic E-state index is 13.3. The van der Waals surface area contributed by atoms with Gasteiger partial charge >= 0.3 is 12.4 Å². The smallest absolute Gasteiger partial charge is 0.340 e. The second kappa shape index (κ2) is 7.97. The zero-order valence-electron chi connectivity index (χ0n) is 18.0. The summed E-state index contributed by atoms with van der Waals surface area (Å²) in [5.74, 6) is 0.238. The fraction of sp³-hybridized carbons (Fsp3) is 0.125. The molecule has 1 aliphatic heterocycles. The molecule has 0 unspecified atom stereocenters. The Morgan fingerprint density at radius 2 is 1.49 bits per heavy atom. The Morgan fingerprint density at radius 1 is 0.829 bits per heavy atom. The highest BCUT2D eigenvalue weighted by molar-refractivity contribution is 5.83. The number of anilines is 1. The van der Waals surface area contributed by atoms with Crippen LogP contribution in [-0.4, -0.2) is 22.3 Å². The molecule has 0 spiro atoms. The highest BCUT2D eigenvalue weighted by atomic mass is 19.4. The molecule has 3 aromatic carbocycles. The fourth-order valence-corrected chi connectivity index (χ4v) is 4.07. The number of rotatable bonds is 3. The normalized spacial score (nSPS) is 14.2. The number of aromatic amines is 1. The first-order chi connectivity index (χ1) is 16.5. The molecule has 35 heavy (non-hydrogen) atoms. The number of halogens is 6. The SMILES string of the molecule is CN1NC(Nc2cc(C(F)(F)F)cc(C(F)(F)F)c2)=c2ccccc2=C1c1ccc2cn[nH]c2c1. The van der Waals surface area contributed by atoms with Gasteiger partial charge in [0.25, 0.3) is 0 Å². The monoisotopic (exact) mass is 489 g/mol. The van der Waals surface area contributed by atoms with Gasteiger partial charge in [0.05, 0.1) is 28.5 Å². The number of aromatic nitrogens is 2. The zero-order chi connectivity index (χ0) is 25.0. The molecular formula is C24H17F6N5. The van der Waals surface area contributed by atoms with Crippen LogP contribution in [0.1, 0.15) is 16.7 Å². The quantitative estimate of drug-likeness (QED) is 0.374. The highest BCUT2D eigenvalue weighted by Gasteiger charge is 2.37. The van der Waals surface area contributed by atoms with Crippen LogP contribution >= 0.6 is 0 Å². The number of H-pyrrole nitrogens is 1. The molecule has 1 aliphatic rings. The van der Waals surface area contributed by atoms with Gasteiger partial charge in [0.2, 0.25) is 0 Å². The van der Waals surface area contributed by atoms with E-state index >= 15 is 0 Å². The van der Waals surface area contributed by atoms with Crippen LogP contribution in [0.2, 0.25) is 0 Å². The molecule has 0 radical (unpaired) electrons. The van der Waals surface area contributed by atoms with E-state index in [0.29, 0.717) is 17.4 Å². The molecule has 3 N–H and O–H groups in total. The van der Waals surface area contributed by atoms with Crippen LogP contribution in [0.15, 0.2) is 66.9 Å². The summed E-state index contributed by atoms with van der Waals surface area (Å²) in [6.45, 7) is 0. The maximum Gasteiger partial charge on any atom is 0.416 e. The van der Waals surface area contributed by atoms with Crippen LogP contribution in [0.25, 0.3) is 22.4 Å². The van der Waals surface area contributed by atoms with Gasteiger partial charge in [0.1, 0.15) is 5.82 Å². The summed E-state index contributed by atoms with van der Waals surface area (Å²) in [5, 5.41) is 13.5. The van der Waals surface area contributed by atoms with Crippen LogP contribution < -0.4 is 21.2 Å². The Kier molecular flexibility index (Phi) is 5.15. The summed E-state index contributed by atoms with van der Waals surface area (Å²) in [5.41, 5.74) is 2.32. The molecule has 0 saturated carbocycles. The summed E-state index contributed by atoms with van der Waals surface area (Å²) in [6, 6.07) is 14.2. The van der Waals surface area contributed by atoms with Crippen molar-refractivity contribution in [2.24, 2.45) is 0 Å². The predicted molar refractivity (Wildman–Crippen MR) is 119 cm³/mol. The van der Waals surface area contributed by atoms with Crippen LogP contribution in [-0.2, 0) is 12.4 Å². The topological polar surface area (TPSA) is 56.0 Å². The molecule has 11 heteroatoms. The molecule has 0 saturated heterocycles. The predicted octanol–water partition coefficient (Wildman–Crippen LogP) is 4.38. The molecular weight excluding hydrogens is 472 g/mol. The van der Waals surface area contributed by atoms with Gasteiger partial charge < -0.3 is 5.32 Å². The van der Waals surface area contributed by atoms with Gasteiger partial charge in [-0.3, -0.25) is 15.5 Å². The molecule has 5 rings (SSSR count). The van der Waals surface area contributed by atoms with Gasteiger partial charge in [-0.2, -0.15) is 31.4 Å². The van der Waals surface area contributed by atoms with Crippen LogP contribution in [0, 0.1) is 0 Å². The second-order valence-corrected chi connectivity index (χ2v) is 8.03. The van der Waals surface area contributed by atoms with E-state index in [0.717, 1.165) is 27.4 Å². The Labute approximate surface area is 194 Å². The second-order valence-electron chi connectivity index (χ2n) is 8.03. The molecule has 1 aromatic heterocycles. The summed E-state index contributed by atoms with van der Waals surface area (Å²) < 4.78 is 79.8. The van der Waals surface area contributed by atoms with E-state index in [9.17, 15) is 26.3 Å². The van der Waals surface area contributed by atoms with E-state index in [1.165, 1.54) is 0 Å². The number of benzene rings is 3. The summed E-state index contributed by atoms with van der Waals surface area (Å²) >= 11 is 0. The summed E-state index contributed by atoms with van der Waals surface area (Å²) in [6.07, 6.45) is -8.19. The fourth-order valence-electron chi connectivity index (χ4n) is 4.07. The van der Waals surface area contributed by atoms with E-state index < -0.39 is 23.5 Å². The van der Waals surface area contributed by atoms with Gasteiger partial charge in [-0.15, -0.1) is 0 Å². The van der Waals surface area contributed by atoms with E-state index in [1.54, 1.807) is 36.5 Å². The molecule has 180 valence electrons. The largest absolute Gasteiger partial charge is 0.416 e. The standard InChI is InChI=1S/C24H17F6N5/c1-35-21(13-6-7-14-12-31-33-20(14)8-13)18-4-2-3-5-19(18)22(34-35)32-17-10-15(23(25,26)27)9-16(11-17)24(28,29)30/h2-12,32,34H,1H3,(H,31,33). The minimum absolute atomic E-state index is 0.0989. The number of hydrogen-bond acceptors (Lipinski definition) is 4. The summed E-state index contributed by atoms with van der Waals surface area (Å²) in [7, 11) is 1.71. The van der Waals surface area contributed by atoms with Gasteiger partial charge in [-0.1, -0.05) is 36.4 Å². The van der Waals surface area contributed by atoms with Crippen molar-refractivity contribution >= 4 is 28.1 Å². The van der Waals surface area contributed by atoms with Crippen molar-refractivity contribution in [3.05, 3.63) is 94.0 Å². The minimum Gasteiger partial charge on any atom is -0.340 e. The number of alkyl halides is 6. The third kappa shape index (κ3) is 4.25. The number of hydrogen-bond donors (Lipinski definition) is 3. The van der Waals surface area contributed by atoms with Gasteiger partial charge in [-0.25, -0.2) is 0 Å². The Balaban J connectivity index is 1.68. The first-order valence-corrected chi connectivity index (χ1v) is 10.3. The number of fused-ring (bicyclic) bond motifs is 2. The van der Waals surface area contributed by atoms with E-state index in [4.69, 9.17) is 0 Å². The van der Waals surface area contributed by atoms with E-state index in [1.807, 2.05) is 24.3 Å². The van der Waals surface area contributed by atoms with Crippen LogP contribution in [0.5, 0.6) is 0 Å². The first kappa shape index (κ1) is 22.6. The van der Waals surface area contributed by atoms with Gasteiger partial charge in [-0.05, 0) is 24.3 Å². The molecule has 0 fully saturated rings. The average Bonchev–Trinajstić information content (AvgIpc) is 3.26. The average molecular weight is 489 g/mol. The Bertz CT molecular complexity index is 1520. The Hall–Kier alpha value is -4.15. The van der Waals surface area contributed by atoms with Crippen molar-refractivity contribution in [1.82, 2.24) is 20.6 Å². The minimum atomic E-state index is -4.94. The maximum absolute atomic E-state index is 13.3. The molecule has 0 bridgehead atoms. The lowest BCUT2D eigenvalue weighted by atomic mass is 10.0. The molecule has 2 heterocycles. The molecule has 4 aromatic rings. The van der Waals surface area contributed by atoms with Crippen molar-refractivity contribution in [2.75, 3.05) is 12.4 Å². The zero-order valence-corrected chi connectivity index (χ0v) is 18.0. The molecule has 0 amide bonds. The van der Waals surface area contributed by atoms with E-state index in [2.05, 4.69) is 20.9 Å². The third-order valence-electron chi connectivity index (χ3n) is 5.64. The van der Waals surface area contributed by atoms with Crippen molar-refractivity contribution in [2.45, 2.75) is 12.4 Å². The lowest BCUT2D eigenvalue weighted by molar-refractivity contribution is -0.143. The van der Waals surface area contributed by atoms with Gasteiger partial charge in [0.15, 0.2) is 0 Å². The first-order valence-electron chi connectivity index (χ1n) is 10.3. The molecule has 0 atom stereocenters. The highest BCUT2D eigenvalue weighted by Crippen LogP contribution is 2.37. The number of nitrogens with one attached hydrogen (secondary N) is 3. The van der Waals surface area contributed by atoms with Crippen LogP contribution in [0.4, 0.5) is 32.0 Å². The van der Waals surface area contributed by atoms with E-state index in [-0.39, 0.29) is 17.6 Å². The number of hydrazine groups is 1. The lowest BCUT2D eigenvalue weighted by Gasteiger charge is -2.31. The van der Waals surface area contributed by atoms with Crippen molar-refractivity contribution in [1.29, 1.82) is 0 Å². The van der Waals surface area contributed by atoms with Crippen molar-refractivity contribution < 1.29 is 26.3 Å². The molecule has 5 nitrogen and oxygen atoms in total. The van der Waals surface area contributed by atoms with Gasteiger partial charge in [0, 0.05) is 34.1 Å². The van der Waals surface area contributed by atoms with Crippen molar-refractivity contribution in [3.63, 3.8) is 0 Å². The Morgan fingerprint density at radius 3 is 2.14 bits per heavy atom. The van der Waals surface area contributed by atoms with Crippen LogP contribution in [0.3, 0.4) is 0 Å². The van der Waals surface area contributed by atoms with Crippen molar-refractivity contribution in [3.8, 4) is 0 Å². The third-order valence-corrected chi connectivity index (χ3v) is 5.64. The lowest BCUT2D eigenvalue weighted by Crippen LogP contribution is -2.49. The summed E-state index contributed by atoms with van der Waals surface area (Å²) in [4.78, 5) is 0. The molecule has 0 aliphatic carbocycles.